The van der Waals surface area contributed by atoms with E-state index in [4.69, 9.17) is 10.8 Å². The van der Waals surface area contributed by atoms with Gasteiger partial charge < -0.3 is 15.9 Å². The van der Waals surface area contributed by atoms with Gasteiger partial charge in [-0.2, -0.15) is 0 Å². The first-order chi connectivity index (χ1) is 7.31. The summed E-state index contributed by atoms with van der Waals surface area (Å²) in [7, 11) is 0. The van der Waals surface area contributed by atoms with Gasteiger partial charge in [-0.15, -0.1) is 12.4 Å². The first-order valence-corrected chi connectivity index (χ1v) is 5.01. The highest BCUT2D eigenvalue weighted by Crippen LogP contribution is 2.38. The van der Waals surface area contributed by atoms with Crippen molar-refractivity contribution in [2.75, 3.05) is 6.61 Å². The Balaban J connectivity index is 0.00000256. The molecule has 0 aliphatic carbocycles. The molecule has 1 aromatic rings. The van der Waals surface area contributed by atoms with Crippen LogP contribution in [0.25, 0.3) is 0 Å². The van der Waals surface area contributed by atoms with Crippen molar-refractivity contribution in [2.24, 2.45) is 5.73 Å². The van der Waals surface area contributed by atoms with Gasteiger partial charge in [-0.05, 0) is 22.0 Å². The lowest BCUT2D eigenvalue weighted by atomic mass is 10.0. The summed E-state index contributed by atoms with van der Waals surface area (Å²) >= 11 is 2.70. The number of hydrogen-bond acceptors (Lipinski definition) is 3. The molecule has 1 rings (SSSR count). The zero-order valence-corrected chi connectivity index (χ0v) is 10.7. The normalized spacial score (nSPS) is 13.1. The molecule has 3 nitrogen and oxygen atoms in total. The third-order valence-electron chi connectivity index (χ3n) is 2.10. The predicted octanol–water partition coefficient (Wildman–Crippen LogP) is 2.34. The van der Waals surface area contributed by atoms with E-state index >= 15 is 0 Å². The summed E-state index contributed by atoms with van der Waals surface area (Å²) in [6, 6.07) is -0.0646. The number of phenols is 1. The van der Waals surface area contributed by atoms with Crippen molar-refractivity contribution in [2.45, 2.75) is 12.0 Å². The Hall–Kier alpha value is -0.500. The summed E-state index contributed by atoms with van der Waals surface area (Å²) in [6.07, 6.45) is 0. The molecule has 1 atom stereocenters. The lowest BCUT2D eigenvalue weighted by molar-refractivity contribution is -0.0716. The third kappa shape index (κ3) is 3.25. The molecule has 0 aliphatic heterocycles. The number of aromatic hydroxyl groups is 1. The van der Waals surface area contributed by atoms with Crippen LogP contribution in [0.5, 0.6) is 5.75 Å². The van der Waals surface area contributed by atoms with E-state index in [-0.39, 0.29) is 22.4 Å². The third-order valence-corrected chi connectivity index (χ3v) is 2.86. The second-order valence-electron chi connectivity index (χ2n) is 3.20. The molecule has 98 valence electrons. The maximum Gasteiger partial charge on any atom is 0.289 e. The number of aliphatic hydroxyl groups is 1. The van der Waals surface area contributed by atoms with Gasteiger partial charge in [0.05, 0.1) is 4.47 Å². The number of benzene rings is 1. The van der Waals surface area contributed by atoms with Gasteiger partial charge in [-0.1, -0.05) is 6.07 Å². The monoisotopic (exact) mass is 335 g/mol. The van der Waals surface area contributed by atoms with Gasteiger partial charge in [0, 0.05) is 5.56 Å². The molecular formula is C9H10BrClF3NO2. The topological polar surface area (TPSA) is 66.5 Å². The maximum absolute atomic E-state index is 13.0. The molecule has 0 bridgehead atoms. The molecule has 0 unspecified atom stereocenters. The van der Waals surface area contributed by atoms with Gasteiger partial charge >= 0.3 is 0 Å². The Morgan fingerprint density at radius 3 is 2.41 bits per heavy atom. The number of nitrogens with two attached hydrogens (primary N) is 1. The van der Waals surface area contributed by atoms with E-state index in [9.17, 15) is 18.3 Å². The molecule has 0 saturated heterocycles. The SMILES string of the molecule is Cl.N[C@@H](c1ccc(F)c(Br)c1O)C(F)(F)CO. The molecule has 8 heteroatoms. The quantitative estimate of drug-likeness (QED) is 0.794. The average molecular weight is 337 g/mol. The van der Waals surface area contributed by atoms with Crippen molar-refractivity contribution >= 4 is 28.3 Å². The summed E-state index contributed by atoms with van der Waals surface area (Å²) in [5.41, 5.74) is 4.85. The number of hydrogen-bond donors (Lipinski definition) is 3. The van der Waals surface area contributed by atoms with E-state index in [1.807, 2.05) is 0 Å². The molecule has 0 radical (unpaired) electrons. The van der Waals surface area contributed by atoms with E-state index in [1.165, 1.54) is 0 Å². The zero-order chi connectivity index (χ0) is 12.5. The van der Waals surface area contributed by atoms with Gasteiger partial charge in [-0.3, -0.25) is 0 Å². The molecular weight excluding hydrogens is 326 g/mol. The minimum Gasteiger partial charge on any atom is -0.506 e. The van der Waals surface area contributed by atoms with Crippen LogP contribution in [-0.4, -0.2) is 22.7 Å². The molecule has 0 amide bonds. The molecule has 0 aromatic heterocycles. The predicted molar refractivity (Wildman–Crippen MR) is 62.0 cm³/mol. The van der Waals surface area contributed by atoms with Gasteiger partial charge in [0.2, 0.25) is 0 Å². The van der Waals surface area contributed by atoms with Crippen LogP contribution in [0.1, 0.15) is 11.6 Å². The standard InChI is InChI=1S/C9H9BrF3NO2.ClH/c10-6-5(11)2-1-4(7(6)16)8(14)9(12,13)3-15;/h1-2,8,15-16H,3,14H2;1H/t8-;/m0./s1. The Morgan fingerprint density at radius 1 is 1.41 bits per heavy atom. The van der Waals surface area contributed by atoms with Gasteiger partial charge in [0.25, 0.3) is 5.92 Å². The minimum atomic E-state index is -3.59. The smallest absolute Gasteiger partial charge is 0.289 e. The van der Waals surface area contributed by atoms with Crippen molar-refractivity contribution in [3.63, 3.8) is 0 Å². The number of alkyl halides is 2. The van der Waals surface area contributed by atoms with Crippen molar-refractivity contribution in [3.05, 3.63) is 28.0 Å². The van der Waals surface area contributed by atoms with E-state index in [0.29, 0.717) is 0 Å². The van der Waals surface area contributed by atoms with Crippen LogP contribution >= 0.6 is 28.3 Å². The minimum absolute atomic E-state index is 0. The molecule has 17 heavy (non-hydrogen) atoms. The highest BCUT2D eigenvalue weighted by Gasteiger charge is 2.39. The fourth-order valence-electron chi connectivity index (χ4n) is 1.13. The van der Waals surface area contributed by atoms with Crippen LogP contribution in [-0.2, 0) is 0 Å². The highest BCUT2D eigenvalue weighted by molar-refractivity contribution is 9.10. The Morgan fingerprint density at radius 2 is 1.94 bits per heavy atom. The lowest BCUT2D eigenvalue weighted by Gasteiger charge is -2.22. The van der Waals surface area contributed by atoms with Crippen LogP contribution in [0.4, 0.5) is 13.2 Å². The van der Waals surface area contributed by atoms with Crippen molar-refractivity contribution in [1.82, 2.24) is 0 Å². The Labute approximate surface area is 110 Å². The Bertz CT molecular complexity index is 406. The summed E-state index contributed by atoms with van der Waals surface area (Å²) in [5, 5.41) is 17.9. The number of phenolic OH excluding ortho intramolecular Hbond substituents is 1. The van der Waals surface area contributed by atoms with Gasteiger partial charge in [0.15, 0.2) is 0 Å². The van der Waals surface area contributed by atoms with Crippen LogP contribution < -0.4 is 5.73 Å². The lowest BCUT2D eigenvalue weighted by Crippen LogP contribution is -2.36. The maximum atomic E-state index is 13.0. The molecule has 0 aliphatic rings. The number of aliphatic hydroxyl groups excluding tert-OH is 1. The van der Waals surface area contributed by atoms with E-state index < -0.39 is 30.1 Å². The molecule has 0 fully saturated rings. The van der Waals surface area contributed by atoms with E-state index in [2.05, 4.69) is 15.9 Å². The van der Waals surface area contributed by atoms with Crippen LogP contribution in [0.3, 0.4) is 0 Å². The summed E-state index contributed by atoms with van der Waals surface area (Å²) in [6.45, 7) is -1.46. The fourth-order valence-corrected chi connectivity index (χ4v) is 1.49. The van der Waals surface area contributed by atoms with Crippen molar-refractivity contribution < 1.29 is 23.4 Å². The number of halogens is 5. The molecule has 0 saturated carbocycles. The summed E-state index contributed by atoms with van der Waals surface area (Å²) in [5.74, 6) is -5.07. The second-order valence-corrected chi connectivity index (χ2v) is 3.99. The largest absolute Gasteiger partial charge is 0.506 e. The zero-order valence-electron chi connectivity index (χ0n) is 8.33. The van der Waals surface area contributed by atoms with Gasteiger partial charge in [0.1, 0.15) is 24.2 Å². The molecule has 1 aromatic carbocycles. The Kier molecular flexibility index (Phi) is 5.73. The van der Waals surface area contributed by atoms with Crippen molar-refractivity contribution in [1.29, 1.82) is 0 Å². The van der Waals surface area contributed by atoms with Crippen LogP contribution in [0.2, 0.25) is 0 Å². The highest BCUT2D eigenvalue weighted by atomic mass is 79.9. The second kappa shape index (κ2) is 5.90. The molecule has 0 heterocycles. The van der Waals surface area contributed by atoms with E-state index in [1.54, 1.807) is 0 Å². The first kappa shape index (κ1) is 16.5. The average Bonchev–Trinajstić information content (AvgIpc) is 2.25. The van der Waals surface area contributed by atoms with E-state index in [0.717, 1.165) is 12.1 Å². The summed E-state index contributed by atoms with van der Waals surface area (Å²) in [4.78, 5) is 0. The van der Waals surface area contributed by atoms with Crippen molar-refractivity contribution in [3.8, 4) is 5.75 Å². The fraction of sp³-hybridized carbons (Fsp3) is 0.333. The number of rotatable bonds is 3. The first-order valence-electron chi connectivity index (χ1n) is 4.22. The summed E-state index contributed by atoms with van der Waals surface area (Å²) < 4.78 is 38.7. The molecule has 4 N–H and O–H groups in total. The van der Waals surface area contributed by atoms with Crippen LogP contribution in [0, 0.1) is 5.82 Å². The van der Waals surface area contributed by atoms with Gasteiger partial charge in [-0.25, -0.2) is 13.2 Å². The van der Waals surface area contributed by atoms with Crippen LogP contribution in [0.15, 0.2) is 16.6 Å². The molecule has 0 spiro atoms.